The predicted octanol–water partition coefficient (Wildman–Crippen LogP) is 4.50. The summed E-state index contributed by atoms with van der Waals surface area (Å²) in [6, 6.07) is 16.8. The third-order valence-corrected chi connectivity index (χ3v) is 3.77. The maximum Gasteiger partial charge on any atom is 0.166 e. The van der Waals surface area contributed by atoms with Crippen molar-refractivity contribution >= 4 is 0 Å². The first kappa shape index (κ1) is 17.1. The van der Waals surface area contributed by atoms with Crippen molar-refractivity contribution in [3.05, 3.63) is 72.3 Å². The van der Waals surface area contributed by atoms with Gasteiger partial charge in [0.1, 0.15) is 6.61 Å². The number of hydrogen-bond acceptors (Lipinski definition) is 3. The van der Waals surface area contributed by atoms with E-state index in [2.05, 4.69) is 49.2 Å². The number of rotatable bonds is 9. The Hall–Kier alpha value is -2.26. The van der Waals surface area contributed by atoms with Crippen molar-refractivity contribution in [1.82, 2.24) is 5.32 Å². The van der Waals surface area contributed by atoms with Gasteiger partial charge in [0.05, 0.1) is 7.11 Å². The molecule has 3 heteroatoms. The van der Waals surface area contributed by atoms with Gasteiger partial charge in [-0.2, -0.15) is 0 Å². The van der Waals surface area contributed by atoms with Crippen molar-refractivity contribution in [1.29, 1.82) is 0 Å². The molecule has 0 aliphatic rings. The molecule has 0 aliphatic heterocycles. The van der Waals surface area contributed by atoms with Crippen molar-refractivity contribution in [2.45, 2.75) is 25.9 Å². The first-order chi connectivity index (χ1) is 11.3. The van der Waals surface area contributed by atoms with E-state index in [4.69, 9.17) is 9.47 Å². The van der Waals surface area contributed by atoms with Crippen LogP contribution < -0.4 is 14.8 Å². The summed E-state index contributed by atoms with van der Waals surface area (Å²) in [5.41, 5.74) is 2.38. The van der Waals surface area contributed by atoms with Crippen LogP contribution in [0.3, 0.4) is 0 Å². The summed E-state index contributed by atoms with van der Waals surface area (Å²) < 4.78 is 11.2. The summed E-state index contributed by atoms with van der Waals surface area (Å²) in [4.78, 5) is 0. The van der Waals surface area contributed by atoms with Crippen LogP contribution in [0.5, 0.6) is 11.5 Å². The van der Waals surface area contributed by atoms with Gasteiger partial charge in [-0.1, -0.05) is 62.0 Å². The van der Waals surface area contributed by atoms with E-state index in [9.17, 15) is 0 Å². The fourth-order valence-electron chi connectivity index (χ4n) is 2.58. The highest BCUT2D eigenvalue weighted by molar-refractivity contribution is 5.46. The number of benzene rings is 2. The van der Waals surface area contributed by atoms with Crippen LogP contribution in [0.15, 0.2) is 61.2 Å². The molecule has 23 heavy (non-hydrogen) atoms. The van der Waals surface area contributed by atoms with E-state index in [1.54, 1.807) is 13.2 Å². The summed E-state index contributed by atoms with van der Waals surface area (Å²) in [7, 11) is 1.66. The second-order valence-corrected chi connectivity index (χ2v) is 5.30. The Morgan fingerprint density at radius 3 is 2.57 bits per heavy atom. The van der Waals surface area contributed by atoms with E-state index in [1.165, 1.54) is 5.56 Å². The molecule has 1 atom stereocenters. The first-order valence-corrected chi connectivity index (χ1v) is 7.98. The quantitative estimate of drug-likeness (QED) is 0.692. The molecule has 3 nitrogen and oxygen atoms in total. The molecule has 2 aromatic rings. The van der Waals surface area contributed by atoms with Crippen LogP contribution >= 0.6 is 0 Å². The summed E-state index contributed by atoms with van der Waals surface area (Å²) in [5, 5.41) is 3.61. The number of methoxy groups -OCH3 is 1. The van der Waals surface area contributed by atoms with E-state index in [0.29, 0.717) is 12.6 Å². The fourth-order valence-corrected chi connectivity index (χ4v) is 2.58. The van der Waals surface area contributed by atoms with E-state index < -0.39 is 0 Å². The number of hydrogen-bond donors (Lipinski definition) is 1. The summed E-state index contributed by atoms with van der Waals surface area (Å²) in [5.74, 6) is 1.53. The molecule has 0 aromatic heterocycles. The molecule has 1 N–H and O–H groups in total. The third-order valence-electron chi connectivity index (χ3n) is 3.77. The minimum absolute atomic E-state index is 0.314. The van der Waals surface area contributed by atoms with E-state index in [0.717, 1.165) is 30.0 Å². The van der Waals surface area contributed by atoms with Crippen molar-refractivity contribution in [3.8, 4) is 11.5 Å². The molecule has 0 heterocycles. The van der Waals surface area contributed by atoms with Gasteiger partial charge in [0, 0.05) is 18.2 Å². The Morgan fingerprint density at radius 2 is 1.91 bits per heavy atom. The number of ether oxygens (including phenoxy) is 2. The summed E-state index contributed by atoms with van der Waals surface area (Å²) in [6.45, 7) is 7.07. The smallest absolute Gasteiger partial charge is 0.166 e. The highest BCUT2D eigenvalue weighted by atomic mass is 16.5. The lowest BCUT2D eigenvalue weighted by Gasteiger charge is -2.19. The Kier molecular flexibility index (Phi) is 6.70. The minimum atomic E-state index is 0.314. The van der Waals surface area contributed by atoms with Gasteiger partial charge >= 0.3 is 0 Å². The molecule has 0 fully saturated rings. The highest BCUT2D eigenvalue weighted by Crippen LogP contribution is 2.31. The van der Waals surface area contributed by atoms with Gasteiger partial charge in [-0.15, -0.1) is 0 Å². The molecule has 0 amide bonds. The topological polar surface area (TPSA) is 30.5 Å². The maximum absolute atomic E-state index is 5.80. The molecule has 0 bridgehead atoms. The molecule has 0 saturated carbocycles. The van der Waals surface area contributed by atoms with Gasteiger partial charge in [-0.05, 0) is 18.1 Å². The van der Waals surface area contributed by atoms with E-state index in [-0.39, 0.29) is 0 Å². The van der Waals surface area contributed by atoms with Crippen LogP contribution in [0.4, 0.5) is 0 Å². The van der Waals surface area contributed by atoms with E-state index >= 15 is 0 Å². The zero-order valence-electron chi connectivity index (χ0n) is 13.9. The minimum Gasteiger partial charge on any atom is -0.493 e. The molecule has 2 rings (SSSR count). The molecular weight excluding hydrogens is 286 g/mol. The molecule has 0 spiro atoms. The van der Waals surface area contributed by atoms with Gasteiger partial charge < -0.3 is 14.8 Å². The Labute approximate surface area is 138 Å². The average Bonchev–Trinajstić information content (AvgIpc) is 2.61. The van der Waals surface area contributed by atoms with Crippen molar-refractivity contribution in [2.75, 3.05) is 13.7 Å². The van der Waals surface area contributed by atoms with Crippen LogP contribution in [0.1, 0.15) is 30.5 Å². The largest absolute Gasteiger partial charge is 0.493 e. The number of nitrogens with one attached hydrogen (secondary N) is 1. The predicted molar refractivity (Wildman–Crippen MR) is 95.0 cm³/mol. The van der Waals surface area contributed by atoms with Crippen molar-refractivity contribution < 1.29 is 9.47 Å². The lowest BCUT2D eigenvalue weighted by atomic mass is 10.0. The SMILES string of the molecule is C=CCOc1c(CNC(CC)c2ccccc2)cccc1OC. The summed E-state index contributed by atoms with van der Waals surface area (Å²) >= 11 is 0. The third kappa shape index (κ3) is 4.60. The Balaban J connectivity index is 2.14. The van der Waals surface area contributed by atoms with Gasteiger partial charge in [-0.3, -0.25) is 0 Å². The van der Waals surface area contributed by atoms with Gasteiger partial charge in [0.25, 0.3) is 0 Å². The molecule has 2 aromatic carbocycles. The Bertz CT molecular complexity index is 610. The van der Waals surface area contributed by atoms with Crippen LogP contribution in [0.25, 0.3) is 0 Å². The van der Waals surface area contributed by atoms with Gasteiger partial charge in [0.15, 0.2) is 11.5 Å². The first-order valence-electron chi connectivity index (χ1n) is 7.98. The molecule has 0 radical (unpaired) electrons. The van der Waals surface area contributed by atoms with Crippen molar-refractivity contribution in [3.63, 3.8) is 0 Å². The van der Waals surface area contributed by atoms with Crippen molar-refractivity contribution in [2.24, 2.45) is 0 Å². The standard InChI is InChI=1S/C20H25NO2/c1-4-14-23-20-17(12-9-13-19(20)22-3)15-21-18(5-2)16-10-7-6-8-11-16/h4,6-13,18,21H,1,5,14-15H2,2-3H3. The van der Waals surface area contributed by atoms with Crippen LogP contribution in [-0.4, -0.2) is 13.7 Å². The molecular formula is C20H25NO2. The zero-order chi connectivity index (χ0) is 16.5. The molecule has 0 aliphatic carbocycles. The van der Waals surface area contributed by atoms with Crippen LogP contribution in [-0.2, 0) is 6.54 Å². The maximum atomic E-state index is 5.80. The highest BCUT2D eigenvalue weighted by Gasteiger charge is 2.13. The normalized spacial score (nSPS) is 11.7. The monoisotopic (exact) mass is 311 g/mol. The fraction of sp³-hybridized carbons (Fsp3) is 0.300. The zero-order valence-corrected chi connectivity index (χ0v) is 13.9. The van der Waals surface area contributed by atoms with Gasteiger partial charge in [0.2, 0.25) is 0 Å². The lowest BCUT2D eigenvalue weighted by Crippen LogP contribution is -2.20. The van der Waals surface area contributed by atoms with Crippen LogP contribution in [0, 0.1) is 0 Å². The van der Waals surface area contributed by atoms with Crippen LogP contribution in [0.2, 0.25) is 0 Å². The second-order valence-electron chi connectivity index (χ2n) is 5.30. The van der Waals surface area contributed by atoms with Gasteiger partial charge in [-0.25, -0.2) is 0 Å². The second kappa shape index (κ2) is 9.01. The molecule has 1 unspecified atom stereocenters. The molecule has 0 saturated heterocycles. The molecule has 122 valence electrons. The lowest BCUT2D eigenvalue weighted by molar-refractivity contribution is 0.321. The Morgan fingerprint density at radius 1 is 1.13 bits per heavy atom. The average molecular weight is 311 g/mol. The van der Waals surface area contributed by atoms with E-state index in [1.807, 2.05) is 18.2 Å². The number of para-hydroxylation sites is 1. The summed E-state index contributed by atoms with van der Waals surface area (Å²) in [6.07, 6.45) is 2.76.